The van der Waals surface area contributed by atoms with E-state index in [-0.39, 0.29) is 5.91 Å². The van der Waals surface area contributed by atoms with Crippen LogP contribution in [0.2, 0.25) is 0 Å². The van der Waals surface area contributed by atoms with E-state index in [1.54, 1.807) is 44.4 Å². The first-order valence-electron chi connectivity index (χ1n) is 6.63. The lowest BCUT2D eigenvalue weighted by atomic mass is 10.2. The number of rotatable bonds is 7. The van der Waals surface area contributed by atoms with E-state index in [0.717, 1.165) is 22.0 Å². The van der Waals surface area contributed by atoms with Gasteiger partial charge < -0.3 is 14.8 Å². The van der Waals surface area contributed by atoms with Crippen LogP contribution in [0, 0.1) is 0 Å². The van der Waals surface area contributed by atoms with Crippen molar-refractivity contribution >= 4 is 29.0 Å². The third-order valence-corrected chi connectivity index (χ3v) is 4.85. The largest absolute Gasteiger partial charge is 0.493 e. The van der Waals surface area contributed by atoms with Gasteiger partial charge in [0.2, 0.25) is 5.91 Å². The lowest BCUT2D eigenvalue weighted by Gasteiger charge is -2.08. The van der Waals surface area contributed by atoms with E-state index >= 15 is 0 Å². The van der Waals surface area contributed by atoms with Crippen LogP contribution in [-0.4, -0.2) is 37.9 Å². The SMILES string of the molecule is CNC(=O)CSCc1csc(-c2ccc(OC)c(OC)c2)n1. The fourth-order valence-corrected chi connectivity index (χ4v) is 3.51. The molecule has 0 spiro atoms. The monoisotopic (exact) mass is 338 g/mol. The Balaban J connectivity index is 2.06. The van der Waals surface area contributed by atoms with Gasteiger partial charge in [0, 0.05) is 23.7 Å². The Hall–Kier alpha value is -1.73. The van der Waals surface area contributed by atoms with Crippen molar-refractivity contribution in [3.05, 3.63) is 29.3 Å². The summed E-state index contributed by atoms with van der Waals surface area (Å²) in [5, 5.41) is 5.55. The number of thiazole rings is 1. The van der Waals surface area contributed by atoms with Gasteiger partial charge in [-0.2, -0.15) is 0 Å². The van der Waals surface area contributed by atoms with E-state index < -0.39 is 0 Å². The van der Waals surface area contributed by atoms with Gasteiger partial charge in [0.15, 0.2) is 11.5 Å². The zero-order valence-electron chi connectivity index (χ0n) is 12.7. The molecule has 2 aromatic rings. The topological polar surface area (TPSA) is 60.5 Å². The minimum absolute atomic E-state index is 0.0281. The highest BCUT2D eigenvalue weighted by Gasteiger charge is 2.10. The van der Waals surface area contributed by atoms with Gasteiger partial charge in [0.1, 0.15) is 5.01 Å². The molecule has 22 heavy (non-hydrogen) atoms. The molecule has 1 aromatic carbocycles. The smallest absolute Gasteiger partial charge is 0.229 e. The summed E-state index contributed by atoms with van der Waals surface area (Å²) >= 11 is 3.13. The molecule has 0 aliphatic heterocycles. The molecular formula is C15H18N2O3S2. The molecule has 0 fully saturated rings. The number of carbonyl (C=O) groups excluding carboxylic acids is 1. The summed E-state index contributed by atoms with van der Waals surface area (Å²) in [5.41, 5.74) is 1.97. The molecule has 5 nitrogen and oxygen atoms in total. The fourth-order valence-electron chi connectivity index (χ4n) is 1.80. The number of methoxy groups -OCH3 is 2. The molecule has 0 unspecified atom stereocenters. The van der Waals surface area contributed by atoms with Crippen molar-refractivity contribution in [3.8, 4) is 22.1 Å². The van der Waals surface area contributed by atoms with Crippen LogP contribution in [0.4, 0.5) is 0 Å². The normalized spacial score (nSPS) is 10.3. The molecule has 0 saturated heterocycles. The summed E-state index contributed by atoms with van der Waals surface area (Å²) in [6, 6.07) is 5.75. The van der Waals surface area contributed by atoms with Crippen LogP contribution in [0.5, 0.6) is 11.5 Å². The van der Waals surface area contributed by atoms with Gasteiger partial charge in [-0.15, -0.1) is 23.1 Å². The number of thioether (sulfide) groups is 1. The molecule has 0 radical (unpaired) electrons. The summed E-state index contributed by atoms with van der Waals surface area (Å²) in [6.07, 6.45) is 0. The minimum atomic E-state index is 0.0281. The van der Waals surface area contributed by atoms with Gasteiger partial charge in [0.05, 0.1) is 25.7 Å². The Kier molecular flexibility index (Phi) is 6.09. The molecule has 7 heteroatoms. The van der Waals surface area contributed by atoms with Crippen LogP contribution in [0.1, 0.15) is 5.69 Å². The first-order chi connectivity index (χ1) is 10.7. The Morgan fingerprint density at radius 3 is 2.77 bits per heavy atom. The van der Waals surface area contributed by atoms with Crippen LogP contribution in [0.15, 0.2) is 23.6 Å². The van der Waals surface area contributed by atoms with Crippen LogP contribution >= 0.6 is 23.1 Å². The highest BCUT2D eigenvalue weighted by atomic mass is 32.2. The van der Waals surface area contributed by atoms with Gasteiger partial charge in [0.25, 0.3) is 0 Å². The second-order valence-electron chi connectivity index (χ2n) is 4.38. The number of ether oxygens (including phenoxy) is 2. The number of benzene rings is 1. The van der Waals surface area contributed by atoms with E-state index in [4.69, 9.17) is 9.47 Å². The molecular weight excluding hydrogens is 320 g/mol. The Labute approximate surface area is 138 Å². The number of hydrogen-bond acceptors (Lipinski definition) is 6. The van der Waals surface area contributed by atoms with Gasteiger partial charge >= 0.3 is 0 Å². The number of amides is 1. The van der Waals surface area contributed by atoms with Gasteiger partial charge in [-0.05, 0) is 18.2 Å². The molecule has 118 valence electrons. The molecule has 1 aromatic heterocycles. The zero-order chi connectivity index (χ0) is 15.9. The van der Waals surface area contributed by atoms with Crippen molar-refractivity contribution in [1.29, 1.82) is 0 Å². The van der Waals surface area contributed by atoms with Crippen molar-refractivity contribution in [2.24, 2.45) is 0 Å². The summed E-state index contributed by atoms with van der Waals surface area (Å²) < 4.78 is 10.5. The summed E-state index contributed by atoms with van der Waals surface area (Å²) in [4.78, 5) is 15.8. The average Bonchev–Trinajstić information content (AvgIpc) is 3.02. The number of carbonyl (C=O) groups is 1. The predicted molar refractivity (Wildman–Crippen MR) is 90.9 cm³/mol. The molecule has 0 bridgehead atoms. The number of nitrogens with zero attached hydrogens (tertiary/aromatic N) is 1. The number of nitrogens with one attached hydrogen (secondary N) is 1. The number of aromatic nitrogens is 1. The third kappa shape index (κ3) is 4.14. The lowest BCUT2D eigenvalue weighted by Crippen LogP contribution is -2.19. The maximum atomic E-state index is 11.2. The second kappa shape index (κ2) is 8.05. The third-order valence-electron chi connectivity index (χ3n) is 2.94. The van der Waals surface area contributed by atoms with Crippen molar-refractivity contribution in [3.63, 3.8) is 0 Å². The van der Waals surface area contributed by atoms with Crippen LogP contribution in [0.25, 0.3) is 10.6 Å². The molecule has 0 aliphatic carbocycles. The summed E-state index contributed by atoms with van der Waals surface area (Å²) in [7, 11) is 4.87. The average molecular weight is 338 g/mol. The Bertz CT molecular complexity index is 643. The van der Waals surface area contributed by atoms with Crippen LogP contribution in [0.3, 0.4) is 0 Å². The highest BCUT2D eigenvalue weighted by Crippen LogP contribution is 2.33. The summed E-state index contributed by atoms with van der Waals surface area (Å²) in [5.74, 6) is 2.58. The molecule has 1 amide bonds. The molecule has 0 atom stereocenters. The van der Waals surface area contributed by atoms with Crippen molar-refractivity contribution in [2.45, 2.75) is 5.75 Å². The zero-order valence-corrected chi connectivity index (χ0v) is 14.3. The minimum Gasteiger partial charge on any atom is -0.493 e. The van der Waals surface area contributed by atoms with Crippen molar-refractivity contribution in [1.82, 2.24) is 10.3 Å². The van der Waals surface area contributed by atoms with E-state index in [1.807, 2.05) is 23.6 Å². The van der Waals surface area contributed by atoms with Gasteiger partial charge in [-0.1, -0.05) is 0 Å². The highest BCUT2D eigenvalue weighted by molar-refractivity contribution is 7.99. The molecule has 1 N–H and O–H groups in total. The maximum Gasteiger partial charge on any atom is 0.229 e. The van der Waals surface area contributed by atoms with E-state index in [0.29, 0.717) is 17.3 Å². The molecule has 0 aliphatic rings. The first kappa shape index (κ1) is 16.6. The molecule has 1 heterocycles. The van der Waals surface area contributed by atoms with Crippen LogP contribution in [-0.2, 0) is 10.5 Å². The molecule has 0 saturated carbocycles. The van der Waals surface area contributed by atoms with Gasteiger partial charge in [-0.3, -0.25) is 4.79 Å². The Morgan fingerprint density at radius 1 is 1.32 bits per heavy atom. The Morgan fingerprint density at radius 2 is 2.09 bits per heavy atom. The second-order valence-corrected chi connectivity index (χ2v) is 6.22. The summed E-state index contributed by atoms with van der Waals surface area (Å²) in [6.45, 7) is 0. The standard InChI is InChI=1S/C15H18N2O3S2/c1-16-14(18)9-21-7-11-8-22-15(17-11)10-4-5-12(19-2)13(6-10)20-3/h4-6,8H,7,9H2,1-3H3,(H,16,18). The fraction of sp³-hybridized carbons (Fsp3) is 0.333. The maximum absolute atomic E-state index is 11.2. The van der Waals surface area contributed by atoms with Crippen LogP contribution < -0.4 is 14.8 Å². The lowest BCUT2D eigenvalue weighted by molar-refractivity contribution is -0.118. The number of hydrogen-bond donors (Lipinski definition) is 1. The van der Waals surface area contributed by atoms with Gasteiger partial charge in [-0.25, -0.2) is 4.98 Å². The van der Waals surface area contributed by atoms with E-state index in [1.165, 1.54) is 0 Å². The van der Waals surface area contributed by atoms with Crippen molar-refractivity contribution < 1.29 is 14.3 Å². The molecule has 2 rings (SSSR count). The predicted octanol–water partition coefficient (Wildman–Crippen LogP) is 2.81. The van der Waals surface area contributed by atoms with E-state index in [2.05, 4.69) is 10.3 Å². The van der Waals surface area contributed by atoms with E-state index in [9.17, 15) is 4.79 Å². The quantitative estimate of drug-likeness (QED) is 0.841. The van der Waals surface area contributed by atoms with Crippen molar-refractivity contribution in [2.75, 3.05) is 27.0 Å². The first-order valence-corrected chi connectivity index (χ1v) is 8.66.